The molecule has 2 amide bonds. The minimum atomic E-state index is -0.783. The van der Waals surface area contributed by atoms with Crippen molar-refractivity contribution in [1.82, 2.24) is 15.5 Å². The van der Waals surface area contributed by atoms with Crippen LogP contribution in [0, 0.1) is 17.6 Å². The Kier molecular flexibility index (Phi) is 8.08. The van der Waals surface area contributed by atoms with E-state index < -0.39 is 35.0 Å². The quantitative estimate of drug-likeness (QED) is 0.420. The predicted octanol–water partition coefficient (Wildman–Crippen LogP) is 2.30. The van der Waals surface area contributed by atoms with Crippen molar-refractivity contribution in [2.75, 3.05) is 13.6 Å². The van der Waals surface area contributed by atoms with Gasteiger partial charge < -0.3 is 20.6 Å². The van der Waals surface area contributed by atoms with Gasteiger partial charge in [-0.1, -0.05) is 12.5 Å². The Labute approximate surface area is 173 Å². The van der Waals surface area contributed by atoms with Crippen molar-refractivity contribution in [3.8, 4) is 0 Å². The largest absolute Gasteiger partial charge is 0.503 e. The fourth-order valence-corrected chi connectivity index (χ4v) is 2.85. The van der Waals surface area contributed by atoms with Crippen molar-refractivity contribution in [3.05, 3.63) is 59.1 Å². The van der Waals surface area contributed by atoms with Gasteiger partial charge in [0.15, 0.2) is 17.2 Å². The molecule has 1 aromatic rings. The number of benzene rings is 1. The van der Waals surface area contributed by atoms with Gasteiger partial charge in [0.25, 0.3) is 5.91 Å². The summed E-state index contributed by atoms with van der Waals surface area (Å²) in [5, 5.41) is 14.9. The van der Waals surface area contributed by atoms with E-state index in [2.05, 4.69) is 10.6 Å². The molecule has 1 aliphatic carbocycles. The maximum atomic E-state index is 13.6. The topological polar surface area (TPSA) is 98.7 Å². The summed E-state index contributed by atoms with van der Waals surface area (Å²) in [6.07, 6.45) is 5.29. The minimum Gasteiger partial charge on any atom is -0.503 e. The molecule has 0 aromatic heterocycles. The number of hydrogen-bond acceptors (Lipinski definition) is 5. The summed E-state index contributed by atoms with van der Waals surface area (Å²) in [5.74, 6) is -3.74. The molecular weight excluding hydrogens is 396 g/mol. The summed E-state index contributed by atoms with van der Waals surface area (Å²) >= 11 is 0. The number of carbonyl (C=O) groups excluding carboxylic acids is 3. The number of aliphatic hydroxyl groups excluding tert-OH is 1. The van der Waals surface area contributed by atoms with Crippen molar-refractivity contribution < 1.29 is 28.3 Å². The lowest BCUT2D eigenvalue weighted by Gasteiger charge is -2.30. The van der Waals surface area contributed by atoms with Crippen LogP contribution in [0.3, 0.4) is 0 Å². The molecule has 0 saturated heterocycles. The fourth-order valence-electron chi connectivity index (χ4n) is 2.85. The van der Waals surface area contributed by atoms with E-state index in [1.165, 1.54) is 11.0 Å². The zero-order valence-electron chi connectivity index (χ0n) is 16.9. The van der Waals surface area contributed by atoms with E-state index in [0.29, 0.717) is 18.5 Å². The first-order valence-electron chi connectivity index (χ1n) is 9.53. The third-order valence-electron chi connectivity index (χ3n) is 4.82. The van der Waals surface area contributed by atoms with Crippen molar-refractivity contribution in [1.29, 1.82) is 0 Å². The van der Waals surface area contributed by atoms with E-state index in [-0.39, 0.29) is 17.8 Å². The second kappa shape index (κ2) is 10.5. The van der Waals surface area contributed by atoms with Crippen molar-refractivity contribution >= 4 is 17.6 Å². The standard InChI is InChI=1S/C21H25F2N3O4/c1-13(27)20(29)19(21(30)26(2)12-14-4-3-5-14)24-9-8-18(28)25-11-15-6-7-16(22)10-17(15)23/h6-10,14,24,29H,3-5,11-12H2,1-2H3,(H,25,28)/b9-8+,20-19+. The summed E-state index contributed by atoms with van der Waals surface area (Å²) in [5.41, 5.74) is -0.230. The van der Waals surface area contributed by atoms with E-state index in [0.717, 1.165) is 44.5 Å². The first-order valence-corrected chi connectivity index (χ1v) is 9.53. The first-order chi connectivity index (χ1) is 14.2. The Morgan fingerprint density at radius 2 is 1.97 bits per heavy atom. The maximum Gasteiger partial charge on any atom is 0.274 e. The van der Waals surface area contributed by atoms with E-state index in [1.807, 2.05) is 0 Å². The third-order valence-corrected chi connectivity index (χ3v) is 4.82. The molecular formula is C21H25F2N3O4. The third kappa shape index (κ3) is 6.40. The van der Waals surface area contributed by atoms with Crippen molar-refractivity contribution in [2.24, 2.45) is 5.92 Å². The second-order valence-electron chi connectivity index (χ2n) is 7.19. The molecule has 9 heteroatoms. The van der Waals surface area contributed by atoms with Gasteiger partial charge in [0.2, 0.25) is 5.91 Å². The number of ketones is 1. The maximum absolute atomic E-state index is 13.6. The van der Waals surface area contributed by atoms with Gasteiger partial charge in [0.1, 0.15) is 11.6 Å². The number of halogens is 2. The van der Waals surface area contributed by atoms with E-state index in [4.69, 9.17) is 0 Å². The van der Waals surface area contributed by atoms with Crippen LogP contribution in [0.25, 0.3) is 0 Å². The van der Waals surface area contributed by atoms with Crippen LogP contribution in [0.5, 0.6) is 0 Å². The molecule has 0 bridgehead atoms. The van der Waals surface area contributed by atoms with Crippen LogP contribution >= 0.6 is 0 Å². The van der Waals surface area contributed by atoms with Crippen molar-refractivity contribution in [2.45, 2.75) is 32.7 Å². The van der Waals surface area contributed by atoms with Crippen LogP contribution in [-0.2, 0) is 20.9 Å². The predicted molar refractivity (Wildman–Crippen MR) is 106 cm³/mol. The number of hydrogen-bond donors (Lipinski definition) is 3. The summed E-state index contributed by atoms with van der Waals surface area (Å²) in [7, 11) is 1.57. The number of Topliss-reactive ketones (excluding diaryl/α,β-unsaturated/α-hetero) is 1. The highest BCUT2D eigenvalue weighted by atomic mass is 19.1. The van der Waals surface area contributed by atoms with E-state index in [9.17, 15) is 28.3 Å². The zero-order valence-corrected chi connectivity index (χ0v) is 16.9. The van der Waals surface area contributed by atoms with Crippen LogP contribution in [0.15, 0.2) is 41.9 Å². The normalized spacial score (nSPS) is 14.7. The van der Waals surface area contributed by atoms with Gasteiger partial charge >= 0.3 is 0 Å². The Hall–Kier alpha value is -3.23. The molecule has 7 nitrogen and oxygen atoms in total. The molecule has 0 aliphatic heterocycles. The van der Waals surface area contributed by atoms with Crippen LogP contribution < -0.4 is 10.6 Å². The van der Waals surface area contributed by atoms with Gasteiger partial charge in [-0.3, -0.25) is 14.4 Å². The molecule has 2 rings (SSSR count). The SMILES string of the molecule is CC(=O)/C(O)=C(\N/C=C/C(=O)NCc1ccc(F)cc1F)C(=O)N(C)CC1CCC1. The number of likely N-dealkylation sites (N-methyl/N-ethyl adjacent to an activating group) is 1. The molecule has 0 atom stereocenters. The molecule has 3 N–H and O–H groups in total. The molecule has 1 aliphatic rings. The number of amides is 2. The number of nitrogens with zero attached hydrogens (tertiary/aromatic N) is 1. The second-order valence-corrected chi connectivity index (χ2v) is 7.19. The molecule has 0 spiro atoms. The van der Waals surface area contributed by atoms with Gasteiger partial charge in [0.05, 0.1) is 0 Å². The van der Waals surface area contributed by atoms with Gasteiger partial charge in [-0.2, -0.15) is 0 Å². The highest BCUT2D eigenvalue weighted by molar-refractivity contribution is 6.02. The van der Waals surface area contributed by atoms with Crippen LogP contribution in [0.4, 0.5) is 8.78 Å². The molecule has 30 heavy (non-hydrogen) atoms. The Morgan fingerprint density at radius 3 is 2.53 bits per heavy atom. The Bertz CT molecular complexity index is 879. The summed E-state index contributed by atoms with van der Waals surface area (Å²) in [6.45, 7) is 1.45. The minimum absolute atomic E-state index is 0.105. The van der Waals surface area contributed by atoms with E-state index in [1.54, 1.807) is 7.05 Å². The molecule has 0 radical (unpaired) electrons. The summed E-state index contributed by atoms with van der Waals surface area (Å²) < 4.78 is 26.5. The Morgan fingerprint density at radius 1 is 1.27 bits per heavy atom. The molecule has 1 fully saturated rings. The number of aliphatic hydroxyl groups is 1. The molecule has 0 heterocycles. The van der Waals surface area contributed by atoms with Gasteiger partial charge in [-0.25, -0.2) is 8.78 Å². The Balaban J connectivity index is 1.97. The average molecular weight is 421 g/mol. The van der Waals surface area contributed by atoms with Crippen LogP contribution in [-0.4, -0.2) is 41.2 Å². The summed E-state index contributed by atoms with van der Waals surface area (Å²) in [4.78, 5) is 37.4. The highest BCUT2D eigenvalue weighted by Gasteiger charge is 2.25. The lowest BCUT2D eigenvalue weighted by molar-refractivity contribution is -0.128. The number of carbonyl (C=O) groups is 3. The molecule has 162 valence electrons. The average Bonchev–Trinajstić information content (AvgIpc) is 2.66. The van der Waals surface area contributed by atoms with E-state index >= 15 is 0 Å². The fraction of sp³-hybridized carbons (Fsp3) is 0.381. The van der Waals surface area contributed by atoms with Crippen molar-refractivity contribution in [3.63, 3.8) is 0 Å². The van der Waals surface area contributed by atoms with Crippen LogP contribution in [0.2, 0.25) is 0 Å². The number of nitrogens with one attached hydrogen (secondary N) is 2. The zero-order chi connectivity index (χ0) is 22.3. The van der Waals surface area contributed by atoms with Gasteiger partial charge in [-0.15, -0.1) is 0 Å². The molecule has 0 unspecified atom stereocenters. The first kappa shape index (κ1) is 23.1. The van der Waals surface area contributed by atoms with Gasteiger partial charge in [0, 0.05) is 51.0 Å². The highest BCUT2D eigenvalue weighted by Crippen LogP contribution is 2.27. The molecule has 1 aromatic carbocycles. The van der Waals surface area contributed by atoms with Crippen LogP contribution in [0.1, 0.15) is 31.7 Å². The monoisotopic (exact) mass is 421 g/mol. The van der Waals surface area contributed by atoms with Gasteiger partial charge in [-0.05, 0) is 24.8 Å². The lowest BCUT2D eigenvalue weighted by Crippen LogP contribution is -2.38. The smallest absolute Gasteiger partial charge is 0.274 e. The number of rotatable bonds is 9. The lowest BCUT2D eigenvalue weighted by atomic mass is 9.85. The number of allylic oxidation sites excluding steroid dienone is 1. The molecule has 1 saturated carbocycles. The summed E-state index contributed by atoms with van der Waals surface area (Å²) in [6, 6.07) is 3.01.